The van der Waals surface area contributed by atoms with Gasteiger partial charge < -0.3 is 4.57 Å². The van der Waals surface area contributed by atoms with Crippen LogP contribution in [0.15, 0.2) is 142 Å². The van der Waals surface area contributed by atoms with E-state index in [0.717, 1.165) is 134 Å². The number of fused-ring (bicyclic) bond motifs is 5. The van der Waals surface area contributed by atoms with Gasteiger partial charge in [0.2, 0.25) is 5.69 Å². The van der Waals surface area contributed by atoms with Crippen LogP contribution < -0.4 is 21.4 Å². The maximum absolute atomic E-state index is 8.68. The fraction of sp³-hybridized carbons (Fsp3) is 0.310. The predicted octanol–water partition coefficient (Wildman–Crippen LogP) is 16.8. The van der Waals surface area contributed by atoms with E-state index < -0.39 is 0 Å². The molecule has 22 heteroatoms. The molecule has 106 heavy (non-hydrogen) atoms. The van der Waals surface area contributed by atoms with Crippen LogP contribution in [0.5, 0.6) is 0 Å². The van der Waals surface area contributed by atoms with E-state index >= 15 is 0 Å². The molecule has 2 aliphatic heterocycles. The molecule has 0 N–H and O–H groups in total. The minimum absolute atomic E-state index is 0.523. The first-order valence-corrected chi connectivity index (χ1v) is 35.3. The highest BCUT2D eigenvalue weighted by Crippen LogP contribution is 2.33. The standard InChI is InChI=1S/2C10H10N2.C10H8N2.2C9H10N2.C8H8N4.C8H6N2S.C8H10.C5H9N3.C5H8N2.C2H6/c1-7-3-5-10-9(11-7)6-4-8(2)12-10;1-7-3-4-8(2)10-9(7)11-5-6-12-10;1-7-5-10(12-3)8(2)4-9(7)6-11;1-6-5-7(2)9-8(6)10-3-4-11-9;1-6-3-4-7(2)9-8(6)10-5-11-9;1-5-9-3-8-7(11-5)4-10-6(2)12-8;1-5-7(4-9)8(10-3)6(2)11-5;1-7-3-5-8(2)6-4-7;1-4-6-7-5(2)8(4)3;1-4-3-5(2)7-6-4;1-2/h2*3-6H,1-2H3;4-5H,1-2H3;2*3-4H,5H2,1-2H3;3-4H,1-2H3;1-2H3;3-6H,1-2H3;1-3H3;3H2,1-2H3;1-2H3. The molecular formula is C84H95N21S. The van der Waals surface area contributed by atoms with Crippen molar-refractivity contribution in [1.82, 2.24) is 64.6 Å². The largest absolute Gasteiger partial charge is 0.319 e. The molecule has 0 amide bonds. The van der Waals surface area contributed by atoms with Crippen LogP contribution in [0, 0.1) is 147 Å². The Morgan fingerprint density at radius 1 is 0.443 bits per heavy atom. The average Bonchev–Trinajstić information content (AvgIpc) is 1.21. The molecule has 10 heterocycles. The van der Waals surface area contributed by atoms with Crippen LogP contribution >= 0.6 is 11.3 Å². The number of nitrogens with zero attached hydrogens (tertiary/aromatic N) is 21. The minimum atomic E-state index is 0.523. The van der Waals surface area contributed by atoms with Crippen LogP contribution in [0.1, 0.15) is 154 Å². The van der Waals surface area contributed by atoms with Gasteiger partial charge >= 0.3 is 0 Å². The third-order valence-corrected chi connectivity index (χ3v) is 17.2. The fourth-order valence-electron chi connectivity index (χ4n) is 10.2. The molecule has 0 saturated carbocycles. The number of hydrogen-bond acceptors (Lipinski definition) is 19. The number of rotatable bonds is 0. The Morgan fingerprint density at radius 3 is 1.25 bits per heavy atom. The number of hydrogen-bond donors (Lipinski definition) is 0. The molecule has 12 aromatic rings. The Morgan fingerprint density at radius 2 is 0.877 bits per heavy atom. The smallest absolute Gasteiger partial charge is 0.218 e. The highest BCUT2D eigenvalue weighted by atomic mass is 32.1. The summed E-state index contributed by atoms with van der Waals surface area (Å²) in [6.45, 7) is 57.9. The molecule has 0 spiro atoms. The number of aromatic nitrogens is 13. The van der Waals surface area contributed by atoms with E-state index in [-0.39, 0.29) is 0 Å². The highest BCUT2D eigenvalue weighted by molar-refractivity contribution is 7.12. The van der Waals surface area contributed by atoms with Crippen molar-refractivity contribution in [3.63, 3.8) is 0 Å². The van der Waals surface area contributed by atoms with E-state index in [4.69, 9.17) is 23.7 Å². The molecule has 4 aromatic carbocycles. The molecule has 3 aliphatic rings. The molecule has 542 valence electrons. The van der Waals surface area contributed by atoms with Gasteiger partial charge in [0, 0.05) is 70.8 Å². The van der Waals surface area contributed by atoms with Gasteiger partial charge in [-0.3, -0.25) is 39.9 Å². The molecule has 8 aromatic heterocycles. The van der Waals surface area contributed by atoms with E-state index in [1.807, 2.05) is 139 Å². The lowest BCUT2D eigenvalue weighted by Crippen LogP contribution is -2.29. The van der Waals surface area contributed by atoms with Crippen LogP contribution in [-0.4, -0.2) is 82.7 Å². The third kappa shape index (κ3) is 25.0. The van der Waals surface area contributed by atoms with Gasteiger partial charge in [-0.15, -0.1) is 10.2 Å². The molecule has 0 bridgehead atoms. The summed E-state index contributed by atoms with van der Waals surface area (Å²) in [5.41, 5.74) is 24.1. The van der Waals surface area contributed by atoms with Crippen molar-refractivity contribution < 1.29 is 0 Å². The maximum Gasteiger partial charge on any atom is 0.218 e. The van der Waals surface area contributed by atoms with Crippen LogP contribution in [0.2, 0.25) is 0 Å². The number of thiophene rings is 1. The van der Waals surface area contributed by atoms with E-state index in [1.165, 1.54) is 55.9 Å². The summed E-state index contributed by atoms with van der Waals surface area (Å²) >= 11 is 1.51. The van der Waals surface area contributed by atoms with Crippen LogP contribution in [-0.2, 0) is 7.05 Å². The highest BCUT2D eigenvalue weighted by Gasteiger charge is 2.12. The summed E-state index contributed by atoms with van der Waals surface area (Å²) in [6.07, 6.45) is 12.4. The van der Waals surface area contributed by atoms with Gasteiger partial charge in [-0.05, 0) is 214 Å². The molecule has 21 nitrogen and oxygen atoms in total. The zero-order valence-electron chi connectivity index (χ0n) is 65.5. The first kappa shape index (κ1) is 84.4. The van der Waals surface area contributed by atoms with Crippen molar-refractivity contribution >= 4 is 78.4 Å². The Kier molecular flexibility index (Phi) is 33.3. The Labute approximate surface area is 627 Å². The molecule has 0 fully saturated rings. The summed E-state index contributed by atoms with van der Waals surface area (Å²) in [7, 11) is 1.95. The molecular weight excluding hydrogens is 1340 g/mol. The summed E-state index contributed by atoms with van der Waals surface area (Å²) < 4.78 is 1.94. The molecule has 15 rings (SSSR count). The summed E-state index contributed by atoms with van der Waals surface area (Å²) in [6, 6.07) is 32.4. The average molecular weight is 1430 g/mol. The summed E-state index contributed by atoms with van der Waals surface area (Å²) in [5, 5.41) is 37.0. The van der Waals surface area contributed by atoms with E-state index in [0.29, 0.717) is 29.2 Å². The predicted molar refractivity (Wildman–Crippen MR) is 430 cm³/mol. The fourth-order valence-corrected chi connectivity index (χ4v) is 11.1. The van der Waals surface area contributed by atoms with Gasteiger partial charge in [-0.1, -0.05) is 85.6 Å². The Hall–Kier alpha value is -12.2. The number of nitriles is 2. The normalized spacial score (nSPS) is 11.2. The monoisotopic (exact) mass is 1430 g/mol. The van der Waals surface area contributed by atoms with Crippen molar-refractivity contribution in [2.24, 2.45) is 27.2 Å². The van der Waals surface area contributed by atoms with Crippen molar-refractivity contribution in [3.8, 4) is 12.1 Å². The van der Waals surface area contributed by atoms with E-state index in [1.54, 1.807) is 49.3 Å². The molecule has 0 radical (unpaired) electrons. The zero-order chi connectivity index (χ0) is 78.3. The van der Waals surface area contributed by atoms with Gasteiger partial charge in [-0.2, -0.15) is 32.1 Å². The minimum Gasteiger partial charge on any atom is -0.319 e. The Balaban J connectivity index is 0.000000212. The van der Waals surface area contributed by atoms with Gasteiger partial charge in [-0.25, -0.2) is 29.6 Å². The van der Waals surface area contributed by atoms with Crippen LogP contribution in [0.25, 0.3) is 53.9 Å². The molecule has 0 atom stereocenters. The van der Waals surface area contributed by atoms with Crippen LogP contribution in [0.3, 0.4) is 0 Å². The van der Waals surface area contributed by atoms with Crippen molar-refractivity contribution in [3.05, 3.63) is 266 Å². The van der Waals surface area contributed by atoms with E-state index in [9.17, 15) is 0 Å². The summed E-state index contributed by atoms with van der Waals surface area (Å²) in [5.74, 6) is 3.41. The van der Waals surface area contributed by atoms with Gasteiger partial charge in [0.25, 0.3) is 0 Å². The topological polar surface area (TPSA) is 265 Å². The van der Waals surface area contributed by atoms with Crippen molar-refractivity contribution in [2.45, 2.75) is 165 Å². The van der Waals surface area contributed by atoms with Gasteiger partial charge in [0.05, 0.1) is 92.3 Å². The van der Waals surface area contributed by atoms with E-state index in [2.05, 4.69) is 200 Å². The lowest BCUT2D eigenvalue weighted by atomic mass is 10.1. The van der Waals surface area contributed by atoms with Crippen LogP contribution in [0.4, 0.5) is 11.4 Å². The second-order valence-corrected chi connectivity index (χ2v) is 26.5. The Bertz CT molecular complexity index is 5150. The second kappa shape index (κ2) is 41.8. The molecule has 1 aliphatic carbocycles. The third-order valence-electron chi connectivity index (χ3n) is 16.1. The van der Waals surface area contributed by atoms with Gasteiger partial charge in [0.15, 0.2) is 5.69 Å². The number of benzene rings is 4. The second-order valence-electron chi connectivity index (χ2n) is 25.0. The summed E-state index contributed by atoms with van der Waals surface area (Å²) in [4.78, 5) is 59.4. The quantitative estimate of drug-likeness (QED) is 0.128. The molecule has 0 saturated heterocycles. The van der Waals surface area contributed by atoms with Crippen molar-refractivity contribution in [1.29, 1.82) is 10.5 Å². The lowest BCUT2D eigenvalue weighted by Gasteiger charge is -2.01. The SMILES string of the molecule is CC.CC1=NN=C(C)C1.CC1=c2nccnc2=C(C)C1.Cc1ccc(C)c2c1=NCN=2.Cc1ccc(C)c2nccnc12.Cc1ccc(C)cc1.Cc1ccc2nc(C)ccc2n1.Cc1ncc2nc(C)ncc2n1.Cc1nnc(C)n1C.[C-]#[N+]c1c(C)sc(C)c1C#N.[C-]#[N+]c1cc(C)c(C#N)cc1C. The van der Waals surface area contributed by atoms with Gasteiger partial charge in [0.1, 0.15) is 41.0 Å². The first-order chi connectivity index (χ1) is 50.5. The number of pyridine rings is 2. The van der Waals surface area contributed by atoms with Crippen molar-refractivity contribution in [2.75, 3.05) is 6.67 Å². The zero-order valence-corrected chi connectivity index (χ0v) is 66.3. The first-order valence-electron chi connectivity index (χ1n) is 34.5. The molecule has 0 unspecified atom stereocenters. The number of aryl methyl sites for hydroxylation is 16. The maximum atomic E-state index is 8.68. The lowest BCUT2D eigenvalue weighted by molar-refractivity contribution is 0.823.